The van der Waals surface area contributed by atoms with Gasteiger partial charge in [-0.05, 0) is 29.2 Å². The second-order valence-electron chi connectivity index (χ2n) is 9.22. The first-order chi connectivity index (χ1) is 18.7. The van der Waals surface area contributed by atoms with Crippen molar-refractivity contribution in [3.8, 4) is 5.88 Å². The highest BCUT2D eigenvalue weighted by Gasteiger charge is 2.41. The van der Waals surface area contributed by atoms with Crippen LogP contribution < -0.4 is 4.74 Å². The molecule has 0 saturated heterocycles. The van der Waals surface area contributed by atoms with Crippen molar-refractivity contribution >= 4 is 22.5 Å². The molecule has 0 fully saturated rings. The smallest absolute Gasteiger partial charge is 0.243 e. The average Bonchev–Trinajstić information content (AvgIpc) is 3.33. The predicted molar refractivity (Wildman–Crippen MR) is 153 cm³/mol. The van der Waals surface area contributed by atoms with Crippen LogP contribution in [0.5, 0.6) is 5.88 Å². The zero-order chi connectivity index (χ0) is 26.0. The minimum atomic E-state index is -0.798. The van der Waals surface area contributed by atoms with Gasteiger partial charge in [-0.25, -0.2) is 9.67 Å². The second kappa shape index (κ2) is 10.2. The molecular formula is C33H26ClN3O. The third-order valence-electron chi connectivity index (χ3n) is 6.89. The molecule has 6 aromatic rings. The Bertz CT molecular complexity index is 1570. The van der Waals surface area contributed by atoms with Crippen LogP contribution >= 0.6 is 11.6 Å². The molecule has 0 atom stereocenters. The minimum Gasteiger partial charge on any atom is -0.471 e. The fraction of sp³-hybridized carbons (Fsp3) is 0.0909. The van der Waals surface area contributed by atoms with Crippen molar-refractivity contribution in [1.82, 2.24) is 14.8 Å². The van der Waals surface area contributed by atoms with Gasteiger partial charge in [-0.1, -0.05) is 133 Å². The van der Waals surface area contributed by atoms with E-state index < -0.39 is 5.54 Å². The lowest BCUT2D eigenvalue weighted by atomic mass is 9.77. The Morgan fingerprint density at radius 2 is 1.18 bits per heavy atom. The zero-order valence-corrected chi connectivity index (χ0v) is 21.7. The maximum absolute atomic E-state index is 6.57. The molecular weight excluding hydrogens is 490 g/mol. The summed E-state index contributed by atoms with van der Waals surface area (Å²) in [5.41, 5.74) is 5.10. The Hall–Kier alpha value is -4.41. The monoisotopic (exact) mass is 515 g/mol. The summed E-state index contributed by atoms with van der Waals surface area (Å²) in [6.45, 7) is 2.34. The predicted octanol–water partition coefficient (Wildman–Crippen LogP) is 7.81. The number of hydrogen-bond donors (Lipinski definition) is 0. The summed E-state index contributed by atoms with van der Waals surface area (Å²) in [5, 5.41) is 6.46. The Kier molecular flexibility index (Phi) is 6.40. The molecule has 0 unspecified atom stereocenters. The SMILES string of the molecule is Cc1nc(Cl)cc2c1c(OCc1ccccc1)nn2C(c1ccccc1)(c1ccccc1)c1ccccc1. The molecule has 0 N–H and O–H groups in total. The first-order valence-corrected chi connectivity index (χ1v) is 13.0. The molecule has 5 heteroatoms. The van der Waals surface area contributed by atoms with Crippen LogP contribution in [0.3, 0.4) is 0 Å². The lowest BCUT2D eigenvalue weighted by Gasteiger charge is -2.36. The number of nitrogens with zero attached hydrogens (tertiary/aromatic N) is 3. The molecule has 0 aliphatic heterocycles. The topological polar surface area (TPSA) is 39.9 Å². The summed E-state index contributed by atoms with van der Waals surface area (Å²) in [5.74, 6) is 0.526. The summed E-state index contributed by atoms with van der Waals surface area (Å²) in [7, 11) is 0. The van der Waals surface area contributed by atoms with E-state index in [1.807, 2.05) is 61.5 Å². The quantitative estimate of drug-likeness (QED) is 0.161. The van der Waals surface area contributed by atoms with E-state index in [9.17, 15) is 0 Å². The Balaban J connectivity index is 1.69. The Labute approximate surface area is 227 Å². The highest BCUT2D eigenvalue weighted by Crippen LogP contribution is 2.44. The summed E-state index contributed by atoms with van der Waals surface area (Å²) in [4.78, 5) is 4.56. The summed E-state index contributed by atoms with van der Waals surface area (Å²) in [6, 6.07) is 43.3. The van der Waals surface area contributed by atoms with Gasteiger partial charge in [0.25, 0.3) is 0 Å². The molecule has 0 aliphatic carbocycles. The van der Waals surface area contributed by atoms with E-state index in [1.54, 1.807) is 0 Å². The average molecular weight is 516 g/mol. The number of halogens is 1. The molecule has 2 aromatic heterocycles. The van der Waals surface area contributed by atoms with Gasteiger partial charge in [-0.15, -0.1) is 5.10 Å². The highest BCUT2D eigenvalue weighted by atomic mass is 35.5. The molecule has 0 bridgehead atoms. The van der Waals surface area contributed by atoms with Crippen molar-refractivity contribution in [3.05, 3.63) is 160 Å². The van der Waals surface area contributed by atoms with Gasteiger partial charge in [0, 0.05) is 6.07 Å². The highest BCUT2D eigenvalue weighted by molar-refractivity contribution is 6.30. The first-order valence-electron chi connectivity index (χ1n) is 12.6. The maximum atomic E-state index is 6.57. The van der Waals surface area contributed by atoms with Crippen molar-refractivity contribution in [1.29, 1.82) is 0 Å². The lowest BCUT2D eigenvalue weighted by Crippen LogP contribution is -2.38. The molecule has 0 radical (unpaired) electrons. The Morgan fingerprint density at radius 3 is 1.68 bits per heavy atom. The van der Waals surface area contributed by atoms with Crippen LogP contribution in [-0.2, 0) is 12.1 Å². The molecule has 4 aromatic carbocycles. The maximum Gasteiger partial charge on any atom is 0.243 e. The number of benzene rings is 4. The van der Waals surface area contributed by atoms with E-state index in [0.717, 1.165) is 38.9 Å². The molecule has 186 valence electrons. The van der Waals surface area contributed by atoms with Gasteiger partial charge in [-0.2, -0.15) is 0 Å². The standard InChI is InChI=1S/C33H26ClN3O/c1-24-31-29(22-30(34)35-24)37(36-32(31)38-23-25-14-6-2-7-15-25)33(26-16-8-3-9-17-26,27-18-10-4-11-19-27)28-20-12-5-13-21-28/h2-22H,23H2,1H3. The molecule has 0 aliphatic rings. The number of pyridine rings is 1. The van der Waals surface area contributed by atoms with E-state index in [-0.39, 0.29) is 0 Å². The normalized spacial score (nSPS) is 11.5. The third-order valence-corrected chi connectivity index (χ3v) is 7.09. The van der Waals surface area contributed by atoms with Crippen LogP contribution in [0.4, 0.5) is 0 Å². The fourth-order valence-electron chi connectivity index (χ4n) is 5.23. The van der Waals surface area contributed by atoms with Crippen molar-refractivity contribution in [2.24, 2.45) is 0 Å². The number of ether oxygens (including phenoxy) is 1. The van der Waals surface area contributed by atoms with E-state index in [1.165, 1.54) is 0 Å². The van der Waals surface area contributed by atoms with Crippen molar-refractivity contribution < 1.29 is 4.74 Å². The van der Waals surface area contributed by atoms with Gasteiger partial charge in [0.2, 0.25) is 5.88 Å². The van der Waals surface area contributed by atoms with Crippen LogP contribution in [0.25, 0.3) is 10.9 Å². The number of aromatic nitrogens is 3. The second-order valence-corrected chi connectivity index (χ2v) is 9.61. The zero-order valence-electron chi connectivity index (χ0n) is 21.0. The van der Waals surface area contributed by atoms with E-state index in [0.29, 0.717) is 17.6 Å². The number of hydrogen-bond acceptors (Lipinski definition) is 3. The summed E-state index contributed by atoms with van der Waals surface area (Å²) < 4.78 is 8.45. The van der Waals surface area contributed by atoms with Gasteiger partial charge < -0.3 is 4.74 Å². The van der Waals surface area contributed by atoms with Crippen LogP contribution in [0.2, 0.25) is 5.15 Å². The van der Waals surface area contributed by atoms with Gasteiger partial charge in [0.05, 0.1) is 16.6 Å². The molecule has 38 heavy (non-hydrogen) atoms. The molecule has 0 saturated carbocycles. The van der Waals surface area contributed by atoms with E-state index in [4.69, 9.17) is 21.4 Å². The minimum absolute atomic E-state index is 0.393. The van der Waals surface area contributed by atoms with Crippen LogP contribution in [0, 0.1) is 6.92 Å². The van der Waals surface area contributed by atoms with Crippen molar-refractivity contribution in [2.45, 2.75) is 19.1 Å². The largest absolute Gasteiger partial charge is 0.471 e. The van der Waals surface area contributed by atoms with Crippen LogP contribution in [-0.4, -0.2) is 14.8 Å². The van der Waals surface area contributed by atoms with Crippen LogP contribution in [0.15, 0.2) is 127 Å². The van der Waals surface area contributed by atoms with E-state index >= 15 is 0 Å². The fourth-order valence-corrected chi connectivity index (χ4v) is 5.46. The van der Waals surface area contributed by atoms with E-state index in [2.05, 4.69) is 82.5 Å². The van der Waals surface area contributed by atoms with Gasteiger partial charge in [0.1, 0.15) is 17.3 Å². The first kappa shape index (κ1) is 24.0. The molecule has 6 rings (SSSR count). The molecule has 0 amide bonds. The molecule has 0 spiro atoms. The van der Waals surface area contributed by atoms with Gasteiger partial charge in [0.15, 0.2) is 0 Å². The molecule has 4 nitrogen and oxygen atoms in total. The van der Waals surface area contributed by atoms with Gasteiger partial charge >= 0.3 is 0 Å². The number of fused-ring (bicyclic) bond motifs is 1. The van der Waals surface area contributed by atoms with Crippen molar-refractivity contribution in [3.63, 3.8) is 0 Å². The number of aryl methyl sites for hydroxylation is 1. The van der Waals surface area contributed by atoms with Crippen LogP contribution in [0.1, 0.15) is 27.9 Å². The summed E-state index contributed by atoms with van der Waals surface area (Å²) >= 11 is 6.57. The third kappa shape index (κ3) is 4.13. The Morgan fingerprint density at radius 1 is 0.711 bits per heavy atom. The van der Waals surface area contributed by atoms with Crippen molar-refractivity contribution in [2.75, 3.05) is 0 Å². The lowest BCUT2D eigenvalue weighted by molar-refractivity contribution is 0.288. The summed E-state index contributed by atoms with van der Waals surface area (Å²) in [6.07, 6.45) is 0. The van der Waals surface area contributed by atoms with Gasteiger partial charge in [-0.3, -0.25) is 0 Å². The molecule has 2 heterocycles. The number of rotatable bonds is 7.